The zero-order valence-electron chi connectivity index (χ0n) is 10.3. The van der Waals surface area contributed by atoms with E-state index in [9.17, 15) is 17.6 Å². The van der Waals surface area contributed by atoms with Crippen molar-refractivity contribution in [2.24, 2.45) is 0 Å². The van der Waals surface area contributed by atoms with Gasteiger partial charge in [-0.2, -0.15) is 13.2 Å². The predicted octanol–water partition coefficient (Wildman–Crippen LogP) is 4.12. The number of alkyl halides is 3. The van der Waals surface area contributed by atoms with Crippen LogP contribution in [0.3, 0.4) is 0 Å². The molecule has 0 saturated heterocycles. The molecular weight excluding hydrogens is 274 g/mol. The summed E-state index contributed by atoms with van der Waals surface area (Å²) in [5.74, 6) is -0.394. The van der Waals surface area contributed by atoms with Crippen molar-refractivity contribution in [2.75, 3.05) is 5.32 Å². The summed E-state index contributed by atoms with van der Waals surface area (Å²) in [4.78, 5) is 4.01. The third-order valence-corrected chi connectivity index (χ3v) is 3.15. The molecule has 1 aliphatic rings. The van der Waals surface area contributed by atoms with Crippen LogP contribution in [-0.2, 0) is 6.18 Å². The Balaban J connectivity index is 1.91. The maximum atomic E-state index is 13.6. The number of imidazole rings is 1. The topological polar surface area (TPSA) is 29.9 Å². The van der Waals surface area contributed by atoms with Gasteiger partial charge in [0.05, 0.1) is 11.3 Å². The summed E-state index contributed by atoms with van der Waals surface area (Å²) < 4.78 is 53.3. The highest BCUT2D eigenvalue weighted by atomic mass is 19.4. The molecule has 106 valence electrons. The number of aromatic nitrogens is 2. The summed E-state index contributed by atoms with van der Waals surface area (Å²) in [6.07, 6.45) is 0.750. The molecule has 1 aromatic heterocycles. The monoisotopic (exact) mass is 285 g/mol. The molecule has 7 heteroatoms. The Morgan fingerprint density at radius 3 is 2.65 bits per heavy atom. The van der Waals surface area contributed by atoms with Crippen molar-refractivity contribution >= 4 is 11.6 Å². The minimum absolute atomic E-state index is 0.229. The second-order valence-corrected chi connectivity index (χ2v) is 4.71. The summed E-state index contributed by atoms with van der Waals surface area (Å²) in [5, 5.41) is 2.63. The van der Waals surface area contributed by atoms with Crippen LogP contribution in [-0.4, -0.2) is 9.55 Å². The van der Waals surface area contributed by atoms with Crippen LogP contribution >= 0.6 is 0 Å². The smallest absolute Gasteiger partial charge is 0.323 e. The SMILES string of the molecule is Fc1ccc(C(F)(F)F)cc1Nc1nccn1C1CC1. The molecule has 1 aliphatic carbocycles. The van der Waals surface area contributed by atoms with Crippen LogP contribution in [0.25, 0.3) is 0 Å². The van der Waals surface area contributed by atoms with E-state index >= 15 is 0 Å². The first-order valence-corrected chi connectivity index (χ1v) is 6.12. The number of halogens is 4. The van der Waals surface area contributed by atoms with E-state index < -0.39 is 17.6 Å². The van der Waals surface area contributed by atoms with Gasteiger partial charge in [-0.25, -0.2) is 9.37 Å². The van der Waals surface area contributed by atoms with Gasteiger partial charge in [0.1, 0.15) is 5.82 Å². The maximum absolute atomic E-state index is 13.6. The lowest BCUT2D eigenvalue weighted by molar-refractivity contribution is -0.137. The molecule has 1 N–H and O–H groups in total. The van der Waals surface area contributed by atoms with Crippen LogP contribution < -0.4 is 5.32 Å². The van der Waals surface area contributed by atoms with Crippen LogP contribution in [0.5, 0.6) is 0 Å². The maximum Gasteiger partial charge on any atom is 0.416 e. The number of benzene rings is 1. The second kappa shape index (κ2) is 4.50. The summed E-state index contributed by atoms with van der Waals surface area (Å²) in [6.45, 7) is 0. The zero-order chi connectivity index (χ0) is 14.3. The number of nitrogens with one attached hydrogen (secondary N) is 1. The first-order chi connectivity index (χ1) is 9.45. The molecule has 0 amide bonds. The van der Waals surface area contributed by atoms with Gasteiger partial charge < -0.3 is 9.88 Å². The van der Waals surface area contributed by atoms with Crippen molar-refractivity contribution in [1.82, 2.24) is 9.55 Å². The lowest BCUT2D eigenvalue weighted by atomic mass is 10.2. The fourth-order valence-corrected chi connectivity index (χ4v) is 1.98. The van der Waals surface area contributed by atoms with Gasteiger partial charge >= 0.3 is 6.18 Å². The van der Waals surface area contributed by atoms with Crippen molar-refractivity contribution in [3.8, 4) is 0 Å². The molecule has 20 heavy (non-hydrogen) atoms. The Kier molecular flexibility index (Phi) is 2.92. The summed E-state index contributed by atoms with van der Waals surface area (Å²) in [7, 11) is 0. The average Bonchev–Trinajstić information content (AvgIpc) is 3.11. The molecule has 0 aliphatic heterocycles. The van der Waals surface area contributed by atoms with E-state index in [1.54, 1.807) is 10.8 Å². The first kappa shape index (κ1) is 13.0. The first-order valence-electron chi connectivity index (χ1n) is 6.12. The molecule has 1 heterocycles. The highest BCUT2D eigenvalue weighted by molar-refractivity contribution is 5.56. The largest absolute Gasteiger partial charge is 0.416 e. The highest BCUT2D eigenvalue weighted by Crippen LogP contribution is 2.38. The second-order valence-electron chi connectivity index (χ2n) is 4.71. The highest BCUT2D eigenvalue weighted by Gasteiger charge is 2.31. The Hall–Kier alpha value is -2.05. The molecule has 1 saturated carbocycles. The van der Waals surface area contributed by atoms with Gasteiger partial charge in [0.2, 0.25) is 5.95 Å². The van der Waals surface area contributed by atoms with Crippen molar-refractivity contribution in [3.63, 3.8) is 0 Å². The standard InChI is InChI=1S/C13H11F4N3/c14-10-4-1-8(13(15,16)17)7-11(10)19-12-18-5-6-20(12)9-2-3-9/h1,4-7,9H,2-3H2,(H,18,19). The van der Waals surface area contributed by atoms with E-state index in [0.29, 0.717) is 18.1 Å². The molecule has 0 atom stereocenters. The molecule has 0 bridgehead atoms. The van der Waals surface area contributed by atoms with Gasteiger partial charge in [-0.05, 0) is 31.0 Å². The van der Waals surface area contributed by atoms with Gasteiger partial charge in [-0.15, -0.1) is 0 Å². The van der Waals surface area contributed by atoms with Gasteiger partial charge in [-0.1, -0.05) is 0 Å². The van der Waals surface area contributed by atoms with Gasteiger partial charge in [0.15, 0.2) is 0 Å². The van der Waals surface area contributed by atoms with Crippen LogP contribution in [0.15, 0.2) is 30.6 Å². The molecule has 3 nitrogen and oxygen atoms in total. The molecule has 0 unspecified atom stereocenters. The quantitative estimate of drug-likeness (QED) is 0.860. The lowest BCUT2D eigenvalue weighted by Gasteiger charge is -2.12. The van der Waals surface area contributed by atoms with E-state index in [0.717, 1.165) is 25.0 Å². The van der Waals surface area contributed by atoms with Crippen LogP contribution in [0.1, 0.15) is 24.4 Å². The average molecular weight is 285 g/mol. The molecule has 0 radical (unpaired) electrons. The number of rotatable bonds is 3. The van der Waals surface area contributed by atoms with Crippen molar-refractivity contribution in [2.45, 2.75) is 25.1 Å². The van der Waals surface area contributed by atoms with Crippen molar-refractivity contribution in [3.05, 3.63) is 42.0 Å². The number of nitrogens with zero attached hydrogens (tertiary/aromatic N) is 2. The fraction of sp³-hybridized carbons (Fsp3) is 0.308. The molecule has 2 aromatic rings. The summed E-state index contributed by atoms with van der Waals surface area (Å²) >= 11 is 0. The lowest BCUT2D eigenvalue weighted by Crippen LogP contribution is -2.08. The van der Waals surface area contributed by atoms with E-state index in [-0.39, 0.29) is 5.69 Å². The third kappa shape index (κ3) is 2.48. The van der Waals surface area contributed by atoms with Crippen LogP contribution in [0.2, 0.25) is 0 Å². The summed E-state index contributed by atoms with van der Waals surface area (Å²) in [6, 6.07) is 2.57. The number of anilines is 2. The van der Waals surface area contributed by atoms with Crippen molar-refractivity contribution in [1.29, 1.82) is 0 Å². The van der Waals surface area contributed by atoms with Gasteiger partial charge in [0, 0.05) is 18.4 Å². The Bertz CT molecular complexity index is 629. The number of hydrogen-bond donors (Lipinski definition) is 1. The molecular formula is C13H11F4N3. The van der Waals surface area contributed by atoms with E-state index in [4.69, 9.17) is 0 Å². The van der Waals surface area contributed by atoms with Gasteiger partial charge in [0.25, 0.3) is 0 Å². The Morgan fingerprint density at radius 1 is 1.25 bits per heavy atom. The normalized spacial score (nSPS) is 15.4. The van der Waals surface area contributed by atoms with Crippen molar-refractivity contribution < 1.29 is 17.6 Å². The Labute approximate surface area is 112 Å². The molecule has 3 rings (SSSR count). The summed E-state index contributed by atoms with van der Waals surface area (Å²) in [5.41, 5.74) is -1.13. The van der Waals surface area contributed by atoms with Crippen LogP contribution in [0, 0.1) is 5.82 Å². The fourth-order valence-electron chi connectivity index (χ4n) is 1.98. The minimum Gasteiger partial charge on any atom is -0.323 e. The predicted molar refractivity (Wildman–Crippen MR) is 65.2 cm³/mol. The minimum atomic E-state index is -4.50. The van der Waals surface area contributed by atoms with E-state index in [1.165, 1.54) is 6.20 Å². The molecule has 1 fully saturated rings. The van der Waals surface area contributed by atoms with E-state index in [1.807, 2.05) is 0 Å². The zero-order valence-corrected chi connectivity index (χ0v) is 10.3. The third-order valence-electron chi connectivity index (χ3n) is 3.15. The Morgan fingerprint density at radius 2 is 2.00 bits per heavy atom. The van der Waals surface area contributed by atoms with Crippen LogP contribution in [0.4, 0.5) is 29.2 Å². The van der Waals surface area contributed by atoms with Gasteiger partial charge in [-0.3, -0.25) is 0 Å². The number of hydrogen-bond acceptors (Lipinski definition) is 2. The van der Waals surface area contributed by atoms with E-state index in [2.05, 4.69) is 10.3 Å². The molecule has 1 aromatic carbocycles. The molecule has 0 spiro atoms.